The van der Waals surface area contributed by atoms with Gasteiger partial charge in [-0.3, -0.25) is 11.3 Å². The number of nitrogens with two attached hydrogens (primary N) is 1. The second kappa shape index (κ2) is 5.59. The van der Waals surface area contributed by atoms with Gasteiger partial charge in [0.1, 0.15) is 11.5 Å². The average Bonchev–Trinajstić information content (AvgIpc) is 2.63. The number of benzene rings is 1. The average molecular weight is 258 g/mol. The number of nitrogens with one attached hydrogen (secondary N) is 1. The fourth-order valence-corrected chi connectivity index (χ4v) is 2.62. The molecule has 3 N–H and O–H groups in total. The van der Waals surface area contributed by atoms with Crippen molar-refractivity contribution < 1.29 is 4.42 Å². The van der Waals surface area contributed by atoms with Crippen LogP contribution >= 0.6 is 0 Å². The highest BCUT2D eigenvalue weighted by Gasteiger charge is 2.20. The molecule has 3 heteroatoms. The Kier molecular flexibility index (Phi) is 4.08. The van der Waals surface area contributed by atoms with Crippen LogP contribution in [0.25, 0.3) is 0 Å². The van der Waals surface area contributed by atoms with Gasteiger partial charge >= 0.3 is 0 Å². The van der Waals surface area contributed by atoms with E-state index in [1.54, 1.807) is 0 Å². The minimum Gasteiger partial charge on any atom is -0.466 e. The van der Waals surface area contributed by atoms with E-state index in [0.29, 0.717) is 0 Å². The second-order valence-corrected chi connectivity index (χ2v) is 5.10. The molecule has 2 rings (SSSR count). The van der Waals surface area contributed by atoms with E-state index in [1.807, 2.05) is 13.8 Å². The minimum absolute atomic E-state index is 0.0820. The molecule has 0 fully saturated rings. The Bertz CT molecular complexity index is 572. The van der Waals surface area contributed by atoms with Gasteiger partial charge in [0, 0.05) is 5.56 Å². The van der Waals surface area contributed by atoms with Crippen LogP contribution in [0.2, 0.25) is 0 Å². The Hall–Kier alpha value is -1.58. The van der Waals surface area contributed by atoms with Crippen molar-refractivity contribution in [1.29, 1.82) is 0 Å². The molecule has 0 aliphatic carbocycles. The summed E-state index contributed by atoms with van der Waals surface area (Å²) in [5, 5.41) is 0. The molecule has 3 nitrogen and oxygen atoms in total. The largest absolute Gasteiger partial charge is 0.466 e. The molecule has 0 bridgehead atoms. The molecule has 0 aliphatic rings. The van der Waals surface area contributed by atoms with E-state index in [-0.39, 0.29) is 6.04 Å². The van der Waals surface area contributed by atoms with Gasteiger partial charge in [0.05, 0.1) is 6.04 Å². The summed E-state index contributed by atoms with van der Waals surface area (Å²) in [6.07, 6.45) is 0.865. The Morgan fingerprint density at radius 3 is 2.32 bits per heavy atom. The van der Waals surface area contributed by atoms with Crippen LogP contribution in [0.15, 0.2) is 28.7 Å². The summed E-state index contributed by atoms with van der Waals surface area (Å²) in [6, 6.07) is 8.48. The monoisotopic (exact) mass is 258 g/mol. The molecule has 0 aliphatic heterocycles. The predicted molar refractivity (Wildman–Crippen MR) is 77.9 cm³/mol. The molecule has 1 heterocycles. The van der Waals surface area contributed by atoms with E-state index in [0.717, 1.165) is 17.9 Å². The maximum absolute atomic E-state index is 5.76. The molecular weight excluding hydrogens is 236 g/mol. The van der Waals surface area contributed by atoms with Crippen molar-refractivity contribution in [2.24, 2.45) is 5.84 Å². The third-order valence-corrected chi connectivity index (χ3v) is 3.85. The summed E-state index contributed by atoms with van der Waals surface area (Å²) in [6.45, 7) is 8.21. The van der Waals surface area contributed by atoms with Crippen LogP contribution in [0.4, 0.5) is 0 Å². The summed E-state index contributed by atoms with van der Waals surface area (Å²) in [7, 11) is 0. The lowest BCUT2D eigenvalue weighted by molar-refractivity contribution is 0.484. The summed E-state index contributed by atoms with van der Waals surface area (Å²) in [4.78, 5) is 0. The zero-order valence-corrected chi connectivity index (χ0v) is 12.1. The number of rotatable bonds is 4. The Balaban J connectivity index is 2.33. The number of hydrazine groups is 1. The maximum Gasteiger partial charge on any atom is 0.106 e. The third kappa shape index (κ3) is 2.72. The number of hydrogen-bond acceptors (Lipinski definition) is 3. The number of aryl methyl sites for hydroxylation is 3. The van der Waals surface area contributed by atoms with Gasteiger partial charge in [-0.25, -0.2) is 0 Å². The minimum atomic E-state index is 0.0820. The van der Waals surface area contributed by atoms with E-state index in [2.05, 4.69) is 43.5 Å². The van der Waals surface area contributed by atoms with E-state index in [4.69, 9.17) is 10.3 Å². The van der Waals surface area contributed by atoms with Crippen LogP contribution in [-0.2, 0) is 6.42 Å². The summed E-state index contributed by atoms with van der Waals surface area (Å²) < 4.78 is 5.70. The lowest BCUT2D eigenvalue weighted by Gasteiger charge is -2.18. The molecule has 0 radical (unpaired) electrons. The molecule has 1 atom stereocenters. The fourth-order valence-electron chi connectivity index (χ4n) is 2.62. The summed E-state index contributed by atoms with van der Waals surface area (Å²) >= 11 is 0. The normalized spacial score (nSPS) is 12.7. The van der Waals surface area contributed by atoms with Crippen LogP contribution < -0.4 is 11.3 Å². The quantitative estimate of drug-likeness (QED) is 0.653. The van der Waals surface area contributed by atoms with Crippen molar-refractivity contribution in [3.05, 3.63) is 58.0 Å². The second-order valence-electron chi connectivity index (χ2n) is 5.10. The van der Waals surface area contributed by atoms with Crippen LogP contribution in [0.1, 0.15) is 39.8 Å². The zero-order valence-electron chi connectivity index (χ0n) is 12.1. The van der Waals surface area contributed by atoms with Crippen LogP contribution in [0.5, 0.6) is 0 Å². The van der Waals surface area contributed by atoms with E-state index in [1.165, 1.54) is 22.3 Å². The topological polar surface area (TPSA) is 51.2 Å². The first-order valence-electron chi connectivity index (χ1n) is 6.61. The van der Waals surface area contributed by atoms with Crippen LogP contribution in [0, 0.1) is 27.7 Å². The fraction of sp³-hybridized carbons (Fsp3) is 0.375. The molecule has 102 valence electrons. The first kappa shape index (κ1) is 13.8. The van der Waals surface area contributed by atoms with Crippen molar-refractivity contribution in [2.75, 3.05) is 0 Å². The molecule has 0 amide bonds. The van der Waals surface area contributed by atoms with Gasteiger partial charge in [0.25, 0.3) is 0 Å². The van der Waals surface area contributed by atoms with Crippen LogP contribution in [0.3, 0.4) is 0 Å². The molecule has 1 aromatic heterocycles. The standard InChI is InChI=1S/C16H22N2O/c1-10-7-5-6-8-14(10)9-15(18-17)16-11(2)12(3)19-13(16)4/h5-8,15,18H,9,17H2,1-4H3. The highest BCUT2D eigenvalue weighted by Crippen LogP contribution is 2.29. The SMILES string of the molecule is Cc1ccccc1CC(NN)c1c(C)oc(C)c1C. The first-order valence-corrected chi connectivity index (χ1v) is 6.61. The van der Waals surface area contributed by atoms with Gasteiger partial charge in [-0.05, 0) is 50.8 Å². The molecule has 1 aromatic carbocycles. The van der Waals surface area contributed by atoms with Crippen molar-refractivity contribution in [1.82, 2.24) is 5.43 Å². The summed E-state index contributed by atoms with van der Waals surface area (Å²) in [5.41, 5.74) is 7.90. The highest BCUT2D eigenvalue weighted by molar-refractivity contribution is 5.36. The lowest BCUT2D eigenvalue weighted by atomic mass is 9.94. The van der Waals surface area contributed by atoms with Gasteiger partial charge in [0.2, 0.25) is 0 Å². The lowest BCUT2D eigenvalue weighted by Crippen LogP contribution is -2.30. The van der Waals surface area contributed by atoms with E-state index >= 15 is 0 Å². The third-order valence-electron chi connectivity index (χ3n) is 3.85. The van der Waals surface area contributed by atoms with E-state index in [9.17, 15) is 0 Å². The molecule has 0 saturated heterocycles. The molecule has 2 aromatic rings. The molecular formula is C16H22N2O. The molecule has 19 heavy (non-hydrogen) atoms. The highest BCUT2D eigenvalue weighted by atomic mass is 16.3. The van der Waals surface area contributed by atoms with Gasteiger partial charge in [-0.15, -0.1) is 0 Å². The van der Waals surface area contributed by atoms with Crippen molar-refractivity contribution in [3.63, 3.8) is 0 Å². The predicted octanol–water partition coefficient (Wildman–Crippen LogP) is 3.26. The van der Waals surface area contributed by atoms with Gasteiger partial charge in [0.15, 0.2) is 0 Å². The maximum atomic E-state index is 5.76. The van der Waals surface area contributed by atoms with Crippen molar-refractivity contribution in [2.45, 2.75) is 40.2 Å². The van der Waals surface area contributed by atoms with Crippen molar-refractivity contribution in [3.8, 4) is 0 Å². The van der Waals surface area contributed by atoms with Crippen LogP contribution in [-0.4, -0.2) is 0 Å². The smallest absolute Gasteiger partial charge is 0.106 e. The van der Waals surface area contributed by atoms with E-state index < -0.39 is 0 Å². The first-order chi connectivity index (χ1) is 9.04. The Morgan fingerprint density at radius 1 is 1.11 bits per heavy atom. The Labute approximate surface area is 114 Å². The molecule has 1 unspecified atom stereocenters. The number of hydrogen-bond donors (Lipinski definition) is 2. The Morgan fingerprint density at radius 2 is 1.79 bits per heavy atom. The number of furan rings is 1. The van der Waals surface area contributed by atoms with Gasteiger partial charge in [-0.1, -0.05) is 24.3 Å². The van der Waals surface area contributed by atoms with Crippen molar-refractivity contribution >= 4 is 0 Å². The van der Waals surface area contributed by atoms with Gasteiger partial charge in [-0.2, -0.15) is 0 Å². The molecule has 0 spiro atoms. The van der Waals surface area contributed by atoms with Gasteiger partial charge < -0.3 is 4.42 Å². The molecule has 0 saturated carbocycles. The summed E-state index contributed by atoms with van der Waals surface area (Å²) in [5.74, 6) is 7.68. The zero-order chi connectivity index (χ0) is 14.0.